The Morgan fingerprint density at radius 3 is 2.57 bits per heavy atom. The van der Waals surface area contributed by atoms with Crippen LogP contribution >= 0.6 is 11.8 Å². The summed E-state index contributed by atoms with van der Waals surface area (Å²) in [4.78, 5) is 25.2. The van der Waals surface area contributed by atoms with Crippen LogP contribution in [0.4, 0.5) is 5.82 Å². The van der Waals surface area contributed by atoms with Crippen LogP contribution in [-0.4, -0.2) is 46.5 Å². The zero-order chi connectivity index (χ0) is 15.7. The highest BCUT2D eigenvalue weighted by atomic mass is 32.2. The van der Waals surface area contributed by atoms with Crippen LogP contribution in [0.2, 0.25) is 0 Å². The lowest BCUT2D eigenvalue weighted by molar-refractivity contribution is -0.127. The summed E-state index contributed by atoms with van der Waals surface area (Å²) in [5, 5.41) is 6.26. The summed E-state index contributed by atoms with van der Waals surface area (Å²) in [6.07, 6.45) is 3.32. The van der Waals surface area contributed by atoms with Crippen molar-refractivity contribution in [2.24, 2.45) is 0 Å². The molecule has 7 heteroatoms. The molecule has 0 aliphatic heterocycles. The number of anilines is 1. The lowest BCUT2D eigenvalue weighted by Gasteiger charge is -2.18. The number of nitrogens with one attached hydrogen (secondary N) is 1. The Balaban J connectivity index is 2.31. The minimum Gasteiger partial charge on any atom is -0.360 e. The van der Waals surface area contributed by atoms with Gasteiger partial charge in [0.15, 0.2) is 5.82 Å². The van der Waals surface area contributed by atoms with E-state index in [1.807, 2.05) is 0 Å². The van der Waals surface area contributed by atoms with E-state index in [1.165, 1.54) is 11.8 Å². The van der Waals surface area contributed by atoms with Gasteiger partial charge in [0.05, 0.1) is 11.5 Å². The minimum absolute atomic E-state index is 0.0510. The van der Waals surface area contributed by atoms with Crippen molar-refractivity contribution >= 4 is 29.4 Å². The maximum Gasteiger partial charge on any atom is 0.235 e. The average molecular weight is 309 g/mol. The number of thioether (sulfide) groups is 1. The molecule has 0 spiro atoms. The number of carbonyl (C=O) groups is 2. The quantitative estimate of drug-likeness (QED) is 0.705. The second kappa shape index (κ2) is 9.02. The van der Waals surface area contributed by atoms with Crippen molar-refractivity contribution in [2.75, 3.05) is 29.9 Å². The Morgan fingerprint density at radius 1 is 1.38 bits per heavy atom. The van der Waals surface area contributed by atoms with E-state index in [4.69, 9.17) is 4.52 Å². The van der Waals surface area contributed by atoms with E-state index in [0.717, 1.165) is 0 Å². The number of aryl methyl sites for hydroxylation is 1. The predicted molar refractivity (Wildman–Crippen MR) is 84.2 cm³/mol. The van der Waals surface area contributed by atoms with Gasteiger partial charge in [-0.05, 0) is 6.92 Å². The highest BCUT2D eigenvalue weighted by Crippen LogP contribution is 2.09. The number of hydrogen-bond donors (Lipinski definition) is 1. The van der Waals surface area contributed by atoms with Gasteiger partial charge < -0.3 is 14.7 Å². The summed E-state index contributed by atoms with van der Waals surface area (Å²) in [5.41, 5.74) is 0. The highest BCUT2D eigenvalue weighted by Gasteiger charge is 2.12. The van der Waals surface area contributed by atoms with Gasteiger partial charge >= 0.3 is 0 Å². The van der Waals surface area contributed by atoms with E-state index in [9.17, 15) is 9.59 Å². The van der Waals surface area contributed by atoms with Crippen LogP contribution < -0.4 is 5.32 Å². The van der Waals surface area contributed by atoms with Crippen LogP contribution in [0.3, 0.4) is 0 Å². The molecule has 6 nitrogen and oxygen atoms in total. The van der Waals surface area contributed by atoms with Gasteiger partial charge in [-0.3, -0.25) is 9.59 Å². The SMILES string of the molecule is C=CCN(CC=C)C(=O)CSCC(=O)Nc1cc(C)on1. The molecule has 0 aromatic carbocycles. The Morgan fingerprint density at radius 2 is 2.05 bits per heavy atom. The molecule has 0 bridgehead atoms. The molecule has 1 aromatic rings. The van der Waals surface area contributed by atoms with Gasteiger partial charge in [-0.25, -0.2) is 0 Å². The maximum atomic E-state index is 11.9. The number of aromatic nitrogens is 1. The van der Waals surface area contributed by atoms with Crippen molar-refractivity contribution in [2.45, 2.75) is 6.92 Å². The van der Waals surface area contributed by atoms with E-state index in [-0.39, 0.29) is 23.3 Å². The van der Waals surface area contributed by atoms with Gasteiger partial charge in [0.2, 0.25) is 11.8 Å². The molecule has 0 atom stereocenters. The zero-order valence-corrected chi connectivity index (χ0v) is 12.8. The highest BCUT2D eigenvalue weighted by molar-refractivity contribution is 8.00. The van der Waals surface area contributed by atoms with Gasteiger partial charge in [-0.1, -0.05) is 17.3 Å². The van der Waals surface area contributed by atoms with E-state index < -0.39 is 0 Å². The van der Waals surface area contributed by atoms with Crippen molar-refractivity contribution < 1.29 is 14.1 Å². The van der Waals surface area contributed by atoms with Gasteiger partial charge in [-0.15, -0.1) is 24.9 Å². The molecule has 1 N–H and O–H groups in total. The van der Waals surface area contributed by atoms with Crippen LogP contribution in [0.5, 0.6) is 0 Å². The number of carbonyl (C=O) groups excluding carboxylic acids is 2. The number of nitrogens with zero attached hydrogens (tertiary/aromatic N) is 2. The molecule has 1 aromatic heterocycles. The van der Waals surface area contributed by atoms with Crippen molar-refractivity contribution in [1.82, 2.24) is 10.1 Å². The van der Waals surface area contributed by atoms with Crippen LogP contribution in [-0.2, 0) is 9.59 Å². The molecule has 0 fully saturated rings. The summed E-state index contributed by atoms with van der Waals surface area (Å²) in [5.74, 6) is 1.13. The Bertz CT molecular complexity index is 503. The smallest absolute Gasteiger partial charge is 0.235 e. The lowest BCUT2D eigenvalue weighted by Crippen LogP contribution is -2.33. The van der Waals surface area contributed by atoms with Crippen molar-refractivity contribution in [3.63, 3.8) is 0 Å². The molecule has 1 heterocycles. The molecule has 21 heavy (non-hydrogen) atoms. The molecular formula is C14H19N3O3S. The maximum absolute atomic E-state index is 11.9. The molecule has 0 unspecified atom stereocenters. The minimum atomic E-state index is -0.222. The normalized spacial score (nSPS) is 9.95. The largest absolute Gasteiger partial charge is 0.360 e. The first kappa shape index (κ1) is 17.0. The Kier molecular flexibility index (Phi) is 7.31. The molecule has 0 saturated carbocycles. The summed E-state index contributed by atoms with van der Waals surface area (Å²) in [7, 11) is 0. The topological polar surface area (TPSA) is 75.4 Å². The third-order valence-corrected chi connectivity index (χ3v) is 3.32. The Labute approximate surface area is 128 Å². The summed E-state index contributed by atoms with van der Waals surface area (Å²) in [6.45, 7) is 9.89. The van der Waals surface area contributed by atoms with Gasteiger partial charge in [0, 0.05) is 19.2 Å². The first-order valence-electron chi connectivity index (χ1n) is 6.37. The monoisotopic (exact) mass is 309 g/mol. The molecule has 0 saturated heterocycles. The van der Waals surface area contributed by atoms with Crippen LogP contribution in [0.25, 0.3) is 0 Å². The van der Waals surface area contributed by atoms with Crippen molar-refractivity contribution in [3.05, 3.63) is 37.1 Å². The molecule has 1 rings (SSSR count). The molecule has 2 amide bonds. The van der Waals surface area contributed by atoms with Crippen LogP contribution in [0.1, 0.15) is 5.76 Å². The molecule has 114 valence electrons. The number of hydrogen-bond acceptors (Lipinski definition) is 5. The predicted octanol–water partition coefficient (Wildman–Crippen LogP) is 1.86. The number of amides is 2. The second-order valence-corrected chi connectivity index (χ2v) is 5.23. The second-order valence-electron chi connectivity index (χ2n) is 4.24. The fourth-order valence-electron chi connectivity index (χ4n) is 1.52. The van der Waals surface area contributed by atoms with E-state index >= 15 is 0 Å². The Hall–Kier alpha value is -2.02. The molecule has 0 aliphatic carbocycles. The third kappa shape index (κ3) is 6.31. The zero-order valence-electron chi connectivity index (χ0n) is 12.0. The summed E-state index contributed by atoms with van der Waals surface area (Å²) < 4.78 is 4.84. The molecule has 0 aliphatic rings. The van der Waals surface area contributed by atoms with Crippen LogP contribution in [0.15, 0.2) is 35.9 Å². The fraction of sp³-hybridized carbons (Fsp3) is 0.357. The summed E-state index contributed by atoms with van der Waals surface area (Å²) >= 11 is 1.25. The van der Waals surface area contributed by atoms with Crippen LogP contribution in [0, 0.1) is 6.92 Å². The average Bonchev–Trinajstić information content (AvgIpc) is 2.83. The third-order valence-electron chi connectivity index (χ3n) is 2.41. The van der Waals surface area contributed by atoms with Gasteiger partial charge in [-0.2, -0.15) is 0 Å². The van der Waals surface area contributed by atoms with E-state index in [0.29, 0.717) is 24.7 Å². The first-order valence-corrected chi connectivity index (χ1v) is 7.52. The van der Waals surface area contributed by atoms with Crippen molar-refractivity contribution in [1.29, 1.82) is 0 Å². The lowest BCUT2D eigenvalue weighted by atomic mass is 10.4. The van der Waals surface area contributed by atoms with E-state index in [1.54, 1.807) is 30.0 Å². The van der Waals surface area contributed by atoms with E-state index in [2.05, 4.69) is 23.6 Å². The molecule has 0 radical (unpaired) electrons. The van der Waals surface area contributed by atoms with Gasteiger partial charge in [0.25, 0.3) is 0 Å². The molecular weight excluding hydrogens is 290 g/mol. The van der Waals surface area contributed by atoms with Gasteiger partial charge in [0.1, 0.15) is 5.76 Å². The first-order chi connectivity index (χ1) is 10.1. The standard InChI is InChI=1S/C14H19N3O3S/c1-4-6-17(7-5-2)14(19)10-21-9-13(18)15-12-8-11(3)20-16-12/h4-5,8H,1-2,6-7,9-10H2,3H3,(H,15,16,18). The number of rotatable bonds is 9. The fourth-order valence-corrected chi connectivity index (χ4v) is 2.23. The van der Waals surface area contributed by atoms with Crippen molar-refractivity contribution in [3.8, 4) is 0 Å². The summed E-state index contributed by atoms with van der Waals surface area (Å²) in [6, 6.07) is 1.63.